The highest BCUT2D eigenvalue weighted by Gasteiger charge is 2.34. The molecule has 2 aromatic heterocycles. The predicted molar refractivity (Wildman–Crippen MR) is 157 cm³/mol. The quantitative estimate of drug-likeness (QED) is 0.326. The number of carbonyl (C=O) groups excluding carboxylic acids is 1. The first-order chi connectivity index (χ1) is 20.6. The van der Waals surface area contributed by atoms with Crippen molar-refractivity contribution in [2.24, 2.45) is 0 Å². The molecule has 1 N–H and O–H groups in total. The van der Waals surface area contributed by atoms with Crippen LogP contribution in [0.4, 0.5) is 5.82 Å². The maximum absolute atomic E-state index is 13.8. The fourth-order valence-electron chi connectivity index (χ4n) is 5.38. The van der Waals surface area contributed by atoms with Crippen molar-refractivity contribution >= 4 is 11.7 Å². The summed E-state index contributed by atoms with van der Waals surface area (Å²) in [6.07, 6.45) is 5.88. The van der Waals surface area contributed by atoms with Crippen molar-refractivity contribution in [3.05, 3.63) is 84.1 Å². The summed E-state index contributed by atoms with van der Waals surface area (Å²) < 4.78 is 18.6. The summed E-state index contributed by atoms with van der Waals surface area (Å²) in [4.78, 5) is 31.7. The minimum absolute atomic E-state index is 0.0368. The topological polar surface area (TPSA) is 107 Å². The average Bonchev–Trinajstić information content (AvgIpc) is 3.56. The van der Waals surface area contributed by atoms with Crippen molar-refractivity contribution in [3.8, 4) is 23.2 Å². The number of rotatable bonds is 9. The van der Waals surface area contributed by atoms with Gasteiger partial charge in [-0.25, -0.2) is 9.97 Å². The second-order valence-corrected chi connectivity index (χ2v) is 10.5. The molecule has 1 atom stereocenters. The lowest BCUT2D eigenvalue weighted by Gasteiger charge is -2.41. The number of aryl methyl sites for hydroxylation is 1. The van der Waals surface area contributed by atoms with Crippen molar-refractivity contribution in [1.29, 1.82) is 0 Å². The van der Waals surface area contributed by atoms with Gasteiger partial charge >= 0.3 is 0 Å². The molecule has 1 unspecified atom stereocenters. The van der Waals surface area contributed by atoms with Gasteiger partial charge in [0, 0.05) is 56.9 Å². The molecule has 11 nitrogen and oxygen atoms in total. The van der Waals surface area contributed by atoms with Crippen LogP contribution in [0.3, 0.4) is 0 Å². The fraction of sp³-hybridized carbons (Fsp3) is 0.355. The summed E-state index contributed by atoms with van der Waals surface area (Å²) in [5, 5.41) is 3.18. The minimum atomic E-state index is -0.439. The fourth-order valence-corrected chi connectivity index (χ4v) is 5.38. The van der Waals surface area contributed by atoms with Gasteiger partial charge in [-0.05, 0) is 48.7 Å². The van der Waals surface area contributed by atoms with Gasteiger partial charge < -0.3 is 24.4 Å². The summed E-state index contributed by atoms with van der Waals surface area (Å²) in [6.45, 7) is 6.21. The Hall–Kier alpha value is -4.64. The number of nitrogens with one attached hydrogen (secondary N) is 1. The highest BCUT2D eigenvalue weighted by molar-refractivity contribution is 5.85. The molecular formula is C31H35N7O4. The van der Waals surface area contributed by atoms with Crippen LogP contribution in [0, 0.1) is 6.92 Å². The van der Waals surface area contributed by atoms with Gasteiger partial charge in [0.2, 0.25) is 11.9 Å². The molecule has 0 spiro atoms. The normalized spacial score (nSPS) is 16.7. The Labute approximate surface area is 245 Å². The van der Waals surface area contributed by atoms with E-state index in [1.165, 1.54) is 0 Å². The molecule has 2 aromatic carbocycles. The van der Waals surface area contributed by atoms with Gasteiger partial charge in [-0.3, -0.25) is 14.3 Å². The van der Waals surface area contributed by atoms with E-state index in [0.717, 1.165) is 46.4 Å². The molecule has 4 aromatic rings. The number of nitrogens with zero attached hydrogens (tertiary/aromatic N) is 6. The maximum atomic E-state index is 13.8. The van der Waals surface area contributed by atoms with Crippen molar-refractivity contribution < 1.29 is 19.0 Å². The monoisotopic (exact) mass is 569 g/mol. The number of hydrogen-bond acceptors (Lipinski definition) is 9. The minimum Gasteiger partial charge on any atom is -0.497 e. The standard InChI is InChI=1S/C31H35N7O4/c1-22-16-29(35-31(34-22)37-11-10-32-21-37)38-13-12-36(19-24-6-7-27-28(18-24)42-15-14-41-27)20-26(38)30(39)33-9-8-23-4-3-5-25(17-23)40-2/h3-7,10-11,16-18,21,26H,8-9,12-15,19-20H2,1-2H3,(H,33,39). The van der Waals surface area contributed by atoms with E-state index < -0.39 is 6.04 Å². The molecule has 218 valence electrons. The Balaban J connectivity index is 1.21. The van der Waals surface area contributed by atoms with Crippen LogP contribution in [0.15, 0.2) is 67.3 Å². The van der Waals surface area contributed by atoms with Crippen LogP contribution >= 0.6 is 0 Å². The summed E-state index contributed by atoms with van der Waals surface area (Å²) in [6, 6.07) is 15.5. The number of amides is 1. The molecule has 4 heterocycles. The highest BCUT2D eigenvalue weighted by atomic mass is 16.6. The molecule has 1 saturated heterocycles. The molecule has 0 saturated carbocycles. The molecule has 0 bridgehead atoms. The third-order valence-corrected chi connectivity index (χ3v) is 7.49. The van der Waals surface area contributed by atoms with Crippen LogP contribution in [0.2, 0.25) is 0 Å². The molecule has 1 fully saturated rings. The van der Waals surface area contributed by atoms with Gasteiger partial charge in [-0.15, -0.1) is 0 Å². The van der Waals surface area contributed by atoms with E-state index in [0.29, 0.717) is 51.8 Å². The summed E-state index contributed by atoms with van der Waals surface area (Å²) in [5.41, 5.74) is 3.04. The van der Waals surface area contributed by atoms with Crippen molar-refractivity contribution in [2.75, 3.05) is 51.4 Å². The van der Waals surface area contributed by atoms with E-state index in [9.17, 15) is 4.79 Å². The van der Waals surface area contributed by atoms with Crippen LogP contribution < -0.4 is 24.4 Å². The Morgan fingerprint density at radius 3 is 2.76 bits per heavy atom. The largest absolute Gasteiger partial charge is 0.497 e. The van der Waals surface area contributed by atoms with Crippen LogP contribution in [0.25, 0.3) is 5.95 Å². The molecule has 0 radical (unpaired) electrons. The lowest BCUT2D eigenvalue weighted by molar-refractivity contribution is -0.123. The van der Waals surface area contributed by atoms with E-state index in [-0.39, 0.29) is 5.91 Å². The number of piperazine rings is 1. The number of ether oxygens (including phenoxy) is 3. The molecule has 1 amide bonds. The molecule has 42 heavy (non-hydrogen) atoms. The van der Waals surface area contributed by atoms with Gasteiger partial charge in [0.05, 0.1) is 7.11 Å². The van der Waals surface area contributed by atoms with Gasteiger partial charge in [-0.2, -0.15) is 4.98 Å². The number of carbonyl (C=O) groups is 1. The molecule has 6 rings (SSSR count). The number of imidazole rings is 1. The molecule has 2 aliphatic heterocycles. The molecule has 11 heteroatoms. The number of fused-ring (bicyclic) bond motifs is 1. The Kier molecular flexibility index (Phi) is 8.18. The maximum Gasteiger partial charge on any atom is 0.244 e. The third kappa shape index (κ3) is 6.31. The van der Waals surface area contributed by atoms with Gasteiger partial charge in [0.15, 0.2) is 11.5 Å². The second kappa shape index (κ2) is 12.5. The van der Waals surface area contributed by atoms with Gasteiger partial charge in [0.1, 0.15) is 37.2 Å². The summed E-state index contributed by atoms with van der Waals surface area (Å²) >= 11 is 0. The lowest BCUT2D eigenvalue weighted by atomic mass is 10.1. The smallest absolute Gasteiger partial charge is 0.244 e. The SMILES string of the molecule is COc1cccc(CCNC(=O)C2CN(Cc3ccc4c(c3)OCCO4)CCN2c2cc(C)nc(-n3ccnc3)n2)c1. The summed E-state index contributed by atoms with van der Waals surface area (Å²) in [7, 11) is 1.66. The first kappa shape index (κ1) is 27.5. The van der Waals surface area contributed by atoms with E-state index in [2.05, 4.69) is 31.2 Å². The van der Waals surface area contributed by atoms with Crippen molar-refractivity contribution in [2.45, 2.75) is 25.9 Å². The van der Waals surface area contributed by atoms with E-state index in [4.69, 9.17) is 19.2 Å². The third-order valence-electron chi connectivity index (χ3n) is 7.49. The highest BCUT2D eigenvalue weighted by Crippen LogP contribution is 2.31. The van der Waals surface area contributed by atoms with Crippen molar-refractivity contribution in [1.82, 2.24) is 29.7 Å². The van der Waals surface area contributed by atoms with E-state index in [1.54, 1.807) is 24.2 Å². The Morgan fingerprint density at radius 1 is 1.05 bits per heavy atom. The van der Waals surface area contributed by atoms with Crippen LogP contribution in [-0.2, 0) is 17.8 Å². The van der Waals surface area contributed by atoms with Gasteiger partial charge in [0.25, 0.3) is 0 Å². The zero-order chi connectivity index (χ0) is 28.9. The van der Waals surface area contributed by atoms with Crippen molar-refractivity contribution in [3.63, 3.8) is 0 Å². The molecule has 0 aliphatic carbocycles. The number of benzene rings is 2. The van der Waals surface area contributed by atoms with Crippen LogP contribution in [0.1, 0.15) is 16.8 Å². The van der Waals surface area contributed by atoms with Crippen LogP contribution in [-0.4, -0.2) is 82.9 Å². The van der Waals surface area contributed by atoms with E-state index >= 15 is 0 Å². The molecular weight excluding hydrogens is 534 g/mol. The molecule has 2 aliphatic rings. The lowest BCUT2D eigenvalue weighted by Crippen LogP contribution is -2.59. The second-order valence-electron chi connectivity index (χ2n) is 10.5. The first-order valence-corrected chi connectivity index (χ1v) is 14.2. The summed E-state index contributed by atoms with van der Waals surface area (Å²) in [5.74, 6) is 3.56. The van der Waals surface area contributed by atoms with E-state index in [1.807, 2.05) is 55.6 Å². The predicted octanol–water partition coefficient (Wildman–Crippen LogP) is 2.80. The average molecular weight is 570 g/mol. The van der Waals surface area contributed by atoms with Crippen LogP contribution in [0.5, 0.6) is 17.2 Å². The first-order valence-electron chi connectivity index (χ1n) is 14.2. The Morgan fingerprint density at radius 2 is 1.93 bits per heavy atom. The zero-order valence-electron chi connectivity index (χ0n) is 23.9. The number of hydrogen-bond donors (Lipinski definition) is 1. The zero-order valence-corrected chi connectivity index (χ0v) is 23.9. The number of aromatic nitrogens is 4. The van der Waals surface area contributed by atoms with Gasteiger partial charge in [-0.1, -0.05) is 18.2 Å². The number of methoxy groups -OCH3 is 1. The number of anilines is 1. The Bertz CT molecular complexity index is 1530.